The summed E-state index contributed by atoms with van der Waals surface area (Å²) in [4.78, 5) is 20.4. The van der Waals surface area contributed by atoms with Crippen molar-refractivity contribution < 1.29 is 9.53 Å². The molecule has 4 heterocycles. The molecule has 1 amide bonds. The van der Waals surface area contributed by atoms with E-state index in [4.69, 9.17) is 4.74 Å². The molecule has 2 saturated heterocycles. The Hall–Kier alpha value is -1.76. The summed E-state index contributed by atoms with van der Waals surface area (Å²) in [5, 5.41) is 5.11. The number of aromatic nitrogens is 1. The third-order valence-electron chi connectivity index (χ3n) is 5.08. The van der Waals surface area contributed by atoms with E-state index in [0.717, 1.165) is 37.9 Å². The van der Waals surface area contributed by atoms with E-state index in [9.17, 15) is 4.79 Å². The third kappa shape index (κ3) is 3.92. The Morgan fingerprint density at radius 1 is 1.32 bits per heavy atom. The molecule has 3 atom stereocenters. The maximum Gasteiger partial charge on any atom is 0.249 e. The van der Waals surface area contributed by atoms with Crippen LogP contribution in [0.4, 0.5) is 0 Å². The highest BCUT2D eigenvalue weighted by molar-refractivity contribution is 7.09. The molecule has 6 heteroatoms. The molecule has 4 rings (SSSR count). The first-order valence-corrected chi connectivity index (χ1v) is 9.76. The number of nitrogens with one attached hydrogen (secondary N) is 1. The van der Waals surface area contributed by atoms with E-state index in [0.29, 0.717) is 12.6 Å². The van der Waals surface area contributed by atoms with Crippen molar-refractivity contribution in [1.82, 2.24) is 15.2 Å². The zero-order chi connectivity index (χ0) is 17.1. The van der Waals surface area contributed by atoms with Crippen LogP contribution in [0.2, 0.25) is 0 Å². The summed E-state index contributed by atoms with van der Waals surface area (Å²) in [7, 11) is 0. The zero-order valence-corrected chi connectivity index (χ0v) is 15.0. The van der Waals surface area contributed by atoms with Gasteiger partial charge in [0.1, 0.15) is 6.10 Å². The molecule has 0 spiro atoms. The molecule has 1 N–H and O–H groups in total. The van der Waals surface area contributed by atoms with E-state index in [1.54, 1.807) is 12.4 Å². The van der Waals surface area contributed by atoms with Crippen LogP contribution in [0.5, 0.6) is 0 Å². The highest BCUT2D eigenvalue weighted by Gasteiger charge is 2.41. The van der Waals surface area contributed by atoms with Crippen LogP contribution in [0, 0.1) is 0 Å². The largest absolute Gasteiger partial charge is 0.363 e. The second-order valence-electron chi connectivity index (χ2n) is 6.73. The van der Waals surface area contributed by atoms with E-state index in [-0.39, 0.29) is 18.1 Å². The molecule has 0 aromatic carbocycles. The van der Waals surface area contributed by atoms with Crippen LogP contribution in [0.25, 0.3) is 0 Å². The standard InChI is InChI=1S/C19H23N3O2S/c23-19(21-12-14-3-1-8-20-11-14)18-6-5-16-17(24-18)7-9-22(16)13-15-4-2-10-25-15/h1-4,8,10-11,16-18H,5-7,9,12-13H2,(H,21,23)/t16-,17-,18+/m1/s1. The van der Waals surface area contributed by atoms with Gasteiger partial charge in [0.15, 0.2) is 0 Å². The summed E-state index contributed by atoms with van der Waals surface area (Å²) in [6, 6.07) is 8.59. The van der Waals surface area contributed by atoms with Gasteiger partial charge in [-0.15, -0.1) is 11.3 Å². The Morgan fingerprint density at radius 2 is 2.28 bits per heavy atom. The molecule has 2 aromatic rings. The van der Waals surface area contributed by atoms with Crippen molar-refractivity contribution in [1.29, 1.82) is 0 Å². The zero-order valence-electron chi connectivity index (χ0n) is 14.1. The Bertz CT molecular complexity index is 692. The van der Waals surface area contributed by atoms with Crippen molar-refractivity contribution >= 4 is 17.2 Å². The van der Waals surface area contributed by atoms with Gasteiger partial charge >= 0.3 is 0 Å². The fourth-order valence-corrected chi connectivity index (χ4v) is 4.54. The van der Waals surface area contributed by atoms with Crippen LogP contribution < -0.4 is 5.32 Å². The van der Waals surface area contributed by atoms with Gasteiger partial charge in [-0.25, -0.2) is 0 Å². The minimum absolute atomic E-state index is 0.000917. The minimum atomic E-state index is -0.320. The SMILES string of the molecule is O=C(NCc1cccnc1)[C@@H]1CC[C@@H]2[C@@H](CCN2Cc2cccs2)O1. The second kappa shape index (κ2) is 7.64. The van der Waals surface area contributed by atoms with E-state index in [1.165, 1.54) is 4.88 Å². The average molecular weight is 357 g/mol. The number of likely N-dealkylation sites (tertiary alicyclic amines) is 1. The first-order valence-electron chi connectivity index (χ1n) is 8.88. The highest BCUT2D eigenvalue weighted by atomic mass is 32.1. The predicted octanol–water partition coefficient (Wildman–Crippen LogP) is 2.58. The van der Waals surface area contributed by atoms with Gasteiger partial charge in [0.2, 0.25) is 5.91 Å². The number of hydrogen-bond acceptors (Lipinski definition) is 5. The summed E-state index contributed by atoms with van der Waals surface area (Å²) in [6.45, 7) is 2.56. The van der Waals surface area contributed by atoms with Crippen molar-refractivity contribution in [2.45, 2.75) is 50.6 Å². The molecule has 0 aliphatic carbocycles. The number of fused-ring (bicyclic) bond motifs is 1. The van der Waals surface area contributed by atoms with E-state index in [1.807, 2.05) is 23.5 Å². The molecule has 2 aromatic heterocycles. The summed E-state index contributed by atoms with van der Waals surface area (Å²) < 4.78 is 6.14. The molecular formula is C19H23N3O2S. The molecule has 25 heavy (non-hydrogen) atoms. The van der Waals surface area contributed by atoms with Crippen molar-refractivity contribution in [2.24, 2.45) is 0 Å². The number of pyridine rings is 1. The van der Waals surface area contributed by atoms with Crippen LogP contribution in [-0.4, -0.2) is 40.6 Å². The number of amides is 1. The van der Waals surface area contributed by atoms with Crippen LogP contribution in [-0.2, 0) is 22.6 Å². The van der Waals surface area contributed by atoms with E-state index in [2.05, 4.69) is 32.7 Å². The van der Waals surface area contributed by atoms with Crippen molar-refractivity contribution in [3.8, 4) is 0 Å². The van der Waals surface area contributed by atoms with Crippen LogP contribution in [0.1, 0.15) is 29.7 Å². The Kier molecular flexibility index (Phi) is 5.10. The van der Waals surface area contributed by atoms with Gasteiger partial charge < -0.3 is 10.1 Å². The molecule has 0 unspecified atom stereocenters. The molecule has 2 fully saturated rings. The van der Waals surface area contributed by atoms with Crippen molar-refractivity contribution in [3.63, 3.8) is 0 Å². The van der Waals surface area contributed by atoms with Gasteiger partial charge in [0.25, 0.3) is 0 Å². The van der Waals surface area contributed by atoms with Gasteiger partial charge in [-0.2, -0.15) is 0 Å². The Morgan fingerprint density at radius 3 is 3.08 bits per heavy atom. The van der Waals surface area contributed by atoms with Crippen molar-refractivity contribution in [3.05, 3.63) is 52.5 Å². The summed E-state index contributed by atoms with van der Waals surface area (Å²) in [5.41, 5.74) is 1.01. The molecular weight excluding hydrogens is 334 g/mol. The summed E-state index contributed by atoms with van der Waals surface area (Å²) >= 11 is 1.81. The van der Waals surface area contributed by atoms with E-state index < -0.39 is 0 Å². The lowest BCUT2D eigenvalue weighted by Crippen LogP contribution is -2.47. The Labute approximate surface area is 152 Å². The van der Waals surface area contributed by atoms with Gasteiger partial charge in [0.05, 0.1) is 6.10 Å². The predicted molar refractivity (Wildman–Crippen MR) is 97.1 cm³/mol. The number of rotatable bonds is 5. The van der Waals surface area contributed by atoms with Crippen LogP contribution >= 0.6 is 11.3 Å². The van der Waals surface area contributed by atoms with Gasteiger partial charge in [-0.1, -0.05) is 12.1 Å². The van der Waals surface area contributed by atoms with Gasteiger partial charge in [0, 0.05) is 42.9 Å². The molecule has 2 aliphatic rings. The number of hydrogen-bond donors (Lipinski definition) is 1. The normalized spacial score (nSPS) is 26.3. The molecule has 0 bridgehead atoms. The highest BCUT2D eigenvalue weighted by Crippen LogP contribution is 2.33. The maximum absolute atomic E-state index is 12.4. The van der Waals surface area contributed by atoms with Crippen molar-refractivity contribution in [2.75, 3.05) is 6.54 Å². The second-order valence-corrected chi connectivity index (χ2v) is 7.76. The van der Waals surface area contributed by atoms with E-state index >= 15 is 0 Å². The first-order chi connectivity index (χ1) is 12.3. The quantitative estimate of drug-likeness (QED) is 0.894. The van der Waals surface area contributed by atoms with Gasteiger partial charge in [-0.3, -0.25) is 14.7 Å². The smallest absolute Gasteiger partial charge is 0.249 e. The van der Waals surface area contributed by atoms with Crippen LogP contribution in [0.15, 0.2) is 42.0 Å². The molecule has 2 aliphatic heterocycles. The molecule has 0 saturated carbocycles. The molecule has 132 valence electrons. The number of ether oxygens (including phenoxy) is 1. The van der Waals surface area contributed by atoms with Gasteiger partial charge in [-0.05, 0) is 42.3 Å². The van der Waals surface area contributed by atoms with Crippen LogP contribution in [0.3, 0.4) is 0 Å². The molecule has 0 radical (unpaired) electrons. The minimum Gasteiger partial charge on any atom is -0.363 e. The third-order valence-corrected chi connectivity index (χ3v) is 5.94. The lowest BCUT2D eigenvalue weighted by molar-refractivity contribution is -0.144. The summed E-state index contributed by atoms with van der Waals surface area (Å²) in [6.07, 6.45) is 6.21. The fraction of sp³-hybridized carbons (Fsp3) is 0.474. The molecule has 5 nitrogen and oxygen atoms in total. The number of nitrogens with zero attached hydrogens (tertiary/aromatic N) is 2. The fourth-order valence-electron chi connectivity index (χ4n) is 3.81. The average Bonchev–Trinajstić information content (AvgIpc) is 3.31. The first kappa shape index (κ1) is 16.7. The maximum atomic E-state index is 12.4. The number of thiophene rings is 1. The lowest BCUT2D eigenvalue weighted by atomic mass is 9.98. The monoisotopic (exact) mass is 357 g/mol. The lowest BCUT2D eigenvalue weighted by Gasteiger charge is -2.35. The topological polar surface area (TPSA) is 54.5 Å². The number of carbonyl (C=O) groups excluding carboxylic acids is 1. The summed E-state index contributed by atoms with van der Waals surface area (Å²) in [5.74, 6) is -0.000917. The Balaban J connectivity index is 1.29. The number of carbonyl (C=O) groups is 1.